The summed E-state index contributed by atoms with van der Waals surface area (Å²) in [6, 6.07) is 21.3. The van der Waals surface area contributed by atoms with Gasteiger partial charge in [0.15, 0.2) is 0 Å². The topological polar surface area (TPSA) is 81.0 Å². The van der Waals surface area contributed by atoms with E-state index in [0.29, 0.717) is 56.8 Å². The molecule has 0 aliphatic carbocycles. The first kappa shape index (κ1) is 30.8. The zero-order valence-corrected chi connectivity index (χ0v) is 24.5. The molecular weight excluding hydrogens is 532 g/mol. The van der Waals surface area contributed by atoms with Gasteiger partial charge in [0.05, 0.1) is 50.8 Å². The summed E-state index contributed by atoms with van der Waals surface area (Å²) in [7, 11) is 1.64. The highest BCUT2D eigenvalue weighted by Crippen LogP contribution is 2.34. The third-order valence-electron chi connectivity index (χ3n) is 6.70. The molecule has 0 bridgehead atoms. The molecule has 4 rings (SSSR count). The summed E-state index contributed by atoms with van der Waals surface area (Å²) >= 11 is 0. The van der Waals surface area contributed by atoms with Crippen molar-refractivity contribution in [2.45, 2.75) is 26.3 Å². The Kier molecular flexibility index (Phi) is 11.5. The summed E-state index contributed by atoms with van der Waals surface area (Å²) in [5.74, 6) is 4.05. The van der Waals surface area contributed by atoms with Crippen LogP contribution in [0.3, 0.4) is 0 Å². The highest BCUT2D eigenvalue weighted by Gasteiger charge is 2.18. The number of benzene rings is 3. The average molecular weight is 571 g/mol. The van der Waals surface area contributed by atoms with E-state index in [1.54, 1.807) is 11.7 Å². The van der Waals surface area contributed by atoms with Crippen LogP contribution in [-0.2, 0) is 20.8 Å². The van der Waals surface area contributed by atoms with Crippen molar-refractivity contribution < 1.29 is 23.7 Å². The van der Waals surface area contributed by atoms with Crippen LogP contribution < -0.4 is 15.2 Å². The maximum Gasteiger partial charge on any atom is 0.348 e. The summed E-state index contributed by atoms with van der Waals surface area (Å²) in [6.45, 7) is 7.53. The Morgan fingerprint density at radius 3 is 2.36 bits per heavy atom. The maximum absolute atomic E-state index is 13.6. The standard InChI is InChI=1S/C34H38N2O6/c1-5-16-41-27-14-15-31-30(23-27)33(29-12-8-7-11-28(29)25(2)3)35-34(37)36(31)24-26-10-6-9-13-32(26)42-22-21-40-20-19-39-18-17-38-4/h1,6-15,23,25H,16-22,24H2,2-4H3. The van der Waals surface area contributed by atoms with Crippen LogP contribution in [0.25, 0.3) is 22.2 Å². The molecule has 0 aliphatic rings. The van der Waals surface area contributed by atoms with Crippen LogP contribution >= 0.6 is 0 Å². The molecule has 1 aromatic heterocycles. The summed E-state index contributed by atoms with van der Waals surface area (Å²) < 4.78 is 29.4. The zero-order valence-electron chi connectivity index (χ0n) is 24.5. The second-order valence-corrected chi connectivity index (χ2v) is 9.92. The van der Waals surface area contributed by atoms with Gasteiger partial charge in [-0.1, -0.05) is 62.2 Å². The SMILES string of the molecule is C#CCOc1ccc2c(c1)c(-c1ccccc1C(C)C)nc(=O)n2Cc1ccccc1OCCOCCOCCOC. The summed E-state index contributed by atoms with van der Waals surface area (Å²) in [5.41, 5.74) is 3.90. The summed E-state index contributed by atoms with van der Waals surface area (Å²) in [4.78, 5) is 18.2. The van der Waals surface area contributed by atoms with E-state index in [-0.39, 0.29) is 24.8 Å². The minimum absolute atomic E-state index is 0.145. The van der Waals surface area contributed by atoms with Gasteiger partial charge in [-0.05, 0) is 35.7 Å². The lowest BCUT2D eigenvalue weighted by molar-refractivity contribution is 0.0179. The fourth-order valence-corrected chi connectivity index (χ4v) is 4.67. The highest BCUT2D eigenvalue weighted by atomic mass is 16.6. The molecule has 8 nitrogen and oxygen atoms in total. The van der Waals surface area contributed by atoms with E-state index in [0.717, 1.165) is 27.6 Å². The molecule has 0 saturated carbocycles. The number of fused-ring (bicyclic) bond motifs is 1. The van der Waals surface area contributed by atoms with Crippen molar-refractivity contribution in [3.05, 3.63) is 88.3 Å². The van der Waals surface area contributed by atoms with Crippen LogP contribution in [0.2, 0.25) is 0 Å². The molecule has 4 aromatic rings. The first-order valence-corrected chi connectivity index (χ1v) is 14.1. The molecule has 3 aromatic carbocycles. The van der Waals surface area contributed by atoms with Gasteiger partial charge in [0.25, 0.3) is 0 Å². The van der Waals surface area contributed by atoms with Crippen molar-refractivity contribution in [1.29, 1.82) is 0 Å². The van der Waals surface area contributed by atoms with Crippen LogP contribution in [-0.4, -0.2) is 62.9 Å². The summed E-state index contributed by atoms with van der Waals surface area (Å²) in [5, 5.41) is 0.803. The third-order valence-corrected chi connectivity index (χ3v) is 6.70. The highest BCUT2D eigenvalue weighted by molar-refractivity contribution is 5.94. The quantitative estimate of drug-likeness (QED) is 0.134. The van der Waals surface area contributed by atoms with E-state index in [9.17, 15) is 4.79 Å². The number of aromatic nitrogens is 2. The monoisotopic (exact) mass is 570 g/mol. The predicted molar refractivity (Wildman–Crippen MR) is 164 cm³/mol. The minimum atomic E-state index is -0.347. The first-order valence-electron chi connectivity index (χ1n) is 14.1. The normalized spacial score (nSPS) is 11.1. The molecule has 0 amide bonds. The smallest absolute Gasteiger partial charge is 0.348 e. The van der Waals surface area contributed by atoms with Gasteiger partial charge in [-0.2, -0.15) is 4.98 Å². The Bertz CT molecular complexity index is 1560. The molecular formula is C34H38N2O6. The molecule has 1 heterocycles. The van der Waals surface area contributed by atoms with Crippen LogP contribution in [0.5, 0.6) is 11.5 Å². The van der Waals surface area contributed by atoms with Gasteiger partial charge in [0.1, 0.15) is 24.7 Å². The first-order chi connectivity index (χ1) is 20.5. The molecule has 220 valence electrons. The number of rotatable bonds is 16. The second-order valence-electron chi connectivity index (χ2n) is 9.92. The Labute approximate surface area is 247 Å². The van der Waals surface area contributed by atoms with Gasteiger partial charge >= 0.3 is 5.69 Å². The van der Waals surface area contributed by atoms with Crippen molar-refractivity contribution in [3.63, 3.8) is 0 Å². The fourth-order valence-electron chi connectivity index (χ4n) is 4.67. The van der Waals surface area contributed by atoms with Gasteiger partial charge in [0.2, 0.25) is 0 Å². The number of hydrogen-bond acceptors (Lipinski definition) is 7. The Morgan fingerprint density at radius 1 is 0.881 bits per heavy atom. The number of ether oxygens (including phenoxy) is 5. The molecule has 0 spiro atoms. The van der Waals surface area contributed by atoms with E-state index in [4.69, 9.17) is 30.1 Å². The van der Waals surface area contributed by atoms with Crippen molar-refractivity contribution in [1.82, 2.24) is 9.55 Å². The molecule has 8 heteroatoms. The lowest BCUT2D eigenvalue weighted by Gasteiger charge is -2.18. The van der Waals surface area contributed by atoms with E-state index in [1.807, 2.05) is 60.7 Å². The van der Waals surface area contributed by atoms with E-state index >= 15 is 0 Å². The predicted octanol–water partition coefficient (Wildman–Crippen LogP) is 5.31. The molecule has 0 radical (unpaired) electrons. The van der Waals surface area contributed by atoms with Gasteiger partial charge in [0, 0.05) is 23.6 Å². The van der Waals surface area contributed by atoms with Crippen LogP contribution in [0.15, 0.2) is 71.5 Å². The zero-order chi connectivity index (χ0) is 29.7. The van der Waals surface area contributed by atoms with Crippen LogP contribution in [0, 0.1) is 12.3 Å². The number of terminal acetylenes is 1. The lowest BCUT2D eigenvalue weighted by atomic mass is 9.93. The molecule has 0 fully saturated rings. The minimum Gasteiger partial charge on any atom is -0.491 e. The molecule has 0 N–H and O–H groups in total. The molecule has 0 aliphatic heterocycles. The van der Waals surface area contributed by atoms with Gasteiger partial charge in [-0.25, -0.2) is 4.79 Å². The second kappa shape index (κ2) is 15.7. The van der Waals surface area contributed by atoms with Crippen molar-refractivity contribution in [2.75, 3.05) is 53.4 Å². The Morgan fingerprint density at radius 2 is 1.60 bits per heavy atom. The lowest BCUT2D eigenvalue weighted by Crippen LogP contribution is -2.25. The third kappa shape index (κ3) is 7.98. The average Bonchev–Trinajstić information content (AvgIpc) is 3.01. The van der Waals surface area contributed by atoms with Gasteiger partial charge < -0.3 is 23.7 Å². The summed E-state index contributed by atoms with van der Waals surface area (Å²) in [6.07, 6.45) is 5.43. The van der Waals surface area contributed by atoms with Gasteiger partial charge in [-0.3, -0.25) is 4.57 Å². The van der Waals surface area contributed by atoms with Crippen LogP contribution in [0.4, 0.5) is 0 Å². The fraction of sp³-hybridized carbons (Fsp3) is 0.353. The maximum atomic E-state index is 13.6. The molecule has 0 atom stereocenters. The molecule has 0 unspecified atom stereocenters. The molecule has 42 heavy (non-hydrogen) atoms. The van der Waals surface area contributed by atoms with Crippen LogP contribution in [0.1, 0.15) is 30.9 Å². The van der Waals surface area contributed by atoms with E-state index in [2.05, 4.69) is 30.8 Å². The number of hydrogen-bond donors (Lipinski definition) is 0. The van der Waals surface area contributed by atoms with E-state index < -0.39 is 0 Å². The van der Waals surface area contributed by atoms with Crippen molar-refractivity contribution >= 4 is 10.9 Å². The van der Waals surface area contributed by atoms with Gasteiger partial charge in [-0.15, -0.1) is 6.42 Å². The number of methoxy groups -OCH3 is 1. The largest absolute Gasteiger partial charge is 0.491 e. The van der Waals surface area contributed by atoms with Crippen molar-refractivity contribution in [3.8, 4) is 35.1 Å². The molecule has 0 saturated heterocycles. The van der Waals surface area contributed by atoms with E-state index in [1.165, 1.54) is 0 Å². The number of nitrogens with zero attached hydrogens (tertiary/aromatic N) is 2. The Balaban J connectivity index is 1.61. The van der Waals surface area contributed by atoms with Crippen molar-refractivity contribution in [2.24, 2.45) is 0 Å². The number of para-hydroxylation sites is 1. The Hall–Kier alpha value is -4.16.